The molecule has 110 valence electrons. The van der Waals surface area contributed by atoms with Crippen LogP contribution in [0, 0.1) is 0 Å². The molecule has 0 bridgehead atoms. The molecule has 0 aliphatic rings. The Bertz CT molecular complexity index is 646. The van der Waals surface area contributed by atoms with E-state index in [1.165, 1.54) is 0 Å². The van der Waals surface area contributed by atoms with Gasteiger partial charge in [-0.25, -0.2) is 0 Å². The summed E-state index contributed by atoms with van der Waals surface area (Å²) in [6.45, 7) is 2.72. The second kappa shape index (κ2) is 7.38. The fraction of sp³-hybridized carbons (Fsp3) is 0.188. The average Bonchev–Trinajstić information content (AvgIpc) is 2.49. The van der Waals surface area contributed by atoms with Crippen LogP contribution in [-0.2, 0) is 0 Å². The number of thioether (sulfide) groups is 1. The number of hydrogen-bond acceptors (Lipinski definition) is 3. The lowest BCUT2D eigenvalue weighted by molar-refractivity contribution is 0.102. The van der Waals surface area contributed by atoms with Gasteiger partial charge in [0.1, 0.15) is 0 Å². The van der Waals surface area contributed by atoms with Gasteiger partial charge < -0.3 is 10.6 Å². The molecule has 0 aromatic heterocycles. The molecular formula is C16H17ClN2OS. The van der Waals surface area contributed by atoms with Gasteiger partial charge in [0.15, 0.2) is 0 Å². The maximum atomic E-state index is 12.5. The van der Waals surface area contributed by atoms with Crippen molar-refractivity contribution in [2.24, 2.45) is 0 Å². The van der Waals surface area contributed by atoms with E-state index in [9.17, 15) is 4.79 Å². The van der Waals surface area contributed by atoms with Crippen molar-refractivity contribution in [1.82, 2.24) is 0 Å². The Labute approximate surface area is 134 Å². The molecule has 5 heteroatoms. The van der Waals surface area contributed by atoms with Gasteiger partial charge in [0.25, 0.3) is 5.91 Å². The van der Waals surface area contributed by atoms with Crippen molar-refractivity contribution in [1.29, 1.82) is 0 Å². The van der Waals surface area contributed by atoms with E-state index in [0.29, 0.717) is 10.6 Å². The van der Waals surface area contributed by atoms with E-state index in [1.54, 1.807) is 23.9 Å². The van der Waals surface area contributed by atoms with Gasteiger partial charge in [-0.1, -0.05) is 23.7 Å². The van der Waals surface area contributed by atoms with E-state index < -0.39 is 0 Å². The van der Waals surface area contributed by atoms with Gasteiger partial charge in [0.2, 0.25) is 0 Å². The van der Waals surface area contributed by atoms with E-state index in [1.807, 2.05) is 43.5 Å². The number of benzene rings is 2. The van der Waals surface area contributed by atoms with Gasteiger partial charge in [0.05, 0.1) is 11.3 Å². The first kappa shape index (κ1) is 15.7. The van der Waals surface area contributed by atoms with Crippen molar-refractivity contribution in [3.63, 3.8) is 0 Å². The third-order valence-electron chi connectivity index (χ3n) is 2.95. The van der Waals surface area contributed by atoms with Gasteiger partial charge in [-0.3, -0.25) is 4.79 Å². The van der Waals surface area contributed by atoms with Crippen LogP contribution in [0.4, 0.5) is 11.4 Å². The summed E-state index contributed by atoms with van der Waals surface area (Å²) < 4.78 is 0. The molecule has 0 saturated heterocycles. The molecule has 0 fully saturated rings. The van der Waals surface area contributed by atoms with Gasteiger partial charge in [-0.05, 0) is 43.5 Å². The molecule has 21 heavy (non-hydrogen) atoms. The molecule has 0 aliphatic carbocycles. The molecule has 0 heterocycles. The van der Waals surface area contributed by atoms with Crippen LogP contribution in [0.3, 0.4) is 0 Å². The summed E-state index contributed by atoms with van der Waals surface area (Å²) in [4.78, 5) is 13.5. The van der Waals surface area contributed by atoms with Crippen molar-refractivity contribution in [3.8, 4) is 0 Å². The number of rotatable bonds is 5. The Morgan fingerprint density at radius 3 is 2.67 bits per heavy atom. The molecule has 0 saturated carbocycles. The maximum absolute atomic E-state index is 12.5. The lowest BCUT2D eigenvalue weighted by Gasteiger charge is -2.13. The summed E-state index contributed by atoms with van der Waals surface area (Å²) in [7, 11) is 0. The number of nitrogens with one attached hydrogen (secondary N) is 2. The first-order valence-electron chi connectivity index (χ1n) is 6.63. The third-order valence-corrected chi connectivity index (χ3v) is 3.98. The van der Waals surface area contributed by atoms with Gasteiger partial charge in [-0.15, -0.1) is 11.8 Å². The molecule has 2 rings (SSSR count). The summed E-state index contributed by atoms with van der Waals surface area (Å²) in [5.41, 5.74) is 2.12. The third kappa shape index (κ3) is 3.93. The van der Waals surface area contributed by atoms with Crippen LogP contribution in [0.25, 0.3) is 0 Å². The quantitative estimate of drug-likeness (QED) is 0.781. The standard InChI is InChI=1S/C16H17ClN2OS/c1-3-18-13-9-8-11(17)10-12(13)16(20)19-14-6-4-5-7-15(14)21-2/h4-10,18H,3H2,1-2H3,(H,19,20). The molecular weight excluding hydrogens is 304 g/mol. The van der Waals surface area contributed by atoms with Crippen LogP contribution in [0.2, 0.25) is 5.02 Å². The van der Waals surface area contributed by atoms with Crippen LogP contribution in [-0.4, -0.2) is 18.7 Å². The second-order valence-corrected chi connectivity index (χ2v) is 5.66. The fourth-order valence-corrected chi connectivity index (χ4v) is 2.71. The highest BCUT2D eigenvalue weighted by molar-refractivity contribution is 7.98. The maximum Gasteiger partial charge on any atom is 0.257 e. The topological polar surface area (TPSA) is 41.1 Å². The van der Waals surface area contributed by atoms with Crippen LogP contribution < -0.4 is 10.6 Å². The normalized spacial score (nSPS) is 10.2. The van der Waals surface area contributed by atoms with Crippen LogP contribution >= 0.6 is 23.4 Å². The van der Waals surface area contributed by atoms with Crippen molar-refractivity contribution in [2.75, 3.05) is 23.4 Å². The largest absolute Gasteiger partial charge is 0.385 e. The van der Waals surface area contributed by atoms with E-state index in [4.69, 9.17) is 11.6 Å². The zero-order valence-electron chi connectivity index (χ0n) is 11.9. The van der Waals surface area contributed by atoms with Crippen LogP contribution in [0.5, 0.6) is 0 Å². The minimum atomic E-state index is -0.171. The summed E-state index contributed by atoms with van der Waals surface area (Å²) in [5.74, 6) is -0.171. The fourth-order valence-electron chi connectivity index (χ4n) is 1.99. The number of carbonyl (C=O) groups is 1. The number of carbonyl (C=O) groups excluding carboxylic acids is 1. The average molecular weight is 321 g/mol. The summed E-state index contributed by atoms with van der Waals surface area (Å²) in [5, 5.41) is 6.66. The highest BCUT2D eigenvalue weighted by atomic mass is 35.5. The molecule has 0 spiro atoms. The zero-order chi connectivity index (χ0) is 15.2. The zero-order valence-corrected chi connectivity index (χ0v) is 13.5. The van der Waals surface area contributed by atoms with Crippen molar-refractivity contribution >= 4 is 40.6 Å². The summed E-state index contributed by atoms with van der Waals surface area (Å²) >= 11 is 7.60. The minimum Gasteiger partial charge on any atom is -0.385 e. The first-order chi connectivity index (χ1) is 10.2. The molecule has 2 N–H and O–H groups in total. The molecule has 0 radical (unpaired) electrons. The lowest BCUT2D eigenvalue weighted by atomic mass is 10.1. The molecule has 2 aromatic carbocycles. The predicted molar refractivity (Wildman–Crippen MR) is 91.8 cm³/mol. The first-order valence-corrected chi connectivity index (χ1v) is 8.23. The van der Waals surface area contributed by atoms with Gasteiger partial charge >= 0.3 is 0 Å². The number of hydrogen-bond donors (Lipinski definition) is 2. The molecule has 0 atom stereocenters. The highest BCUT2D eigenvalue weighted by Crippen LogP contribution is 2.27. The van der Waals surface area contributed by atoms with E-state index in [0.717, 1.165) is 22.8 Å². The van der Waals surface area contributed by atoms with E-state index in [-0.39, 0.29) is 5.91 Å². The Balaban J connectivity index is 2.29. The van der Waals surface area contributed by atoms with Crippen molar-refractivity contribution in [2.45, 2.75) is 11.8 Å². The van der Waals surface area contributed by atoms with Gasteiger partial charge in [-0.2, -0.15) is 0 Å². The Morgan fingerprint density at radius 2 is 1.95 bits per heavy atom. The lowest BCUT2D eigenvalue weighted by Crippen LogP contribution is -2.15. The van der Waals surface area contributed by atoms with Gasteiger partial charge in [0, 0.05) is 22.2 Å². The number of anilines is 2. The Hall–Kier alpha value is -1.65. The predicted octanol–water partition coefficient (Wildman–Crippen LogP) is 4.75. The number of amides is 1. The second-order valence-electron chi connectivity index (χ2n) is 4.37. The highest BCUT2D eigenvalue weighted by Gasteiger charge is 2.13. The SMILES string of the molecule is CCNc1ccc(Cl)cc1C(=O)Nc1ccccc1SC. The number of halogens is 1. The summed E-state index contributed by atoms with van der Waals surface area (Å²) in [6, 6.07) is 13.0. The Kier molecular flexibility index (Phi) is 5.53. The van der Waals surface area contributed by atoms with E-state index >= 15 is 0 Å². The molecule has 2 aromatic rings. The molecule has 0 unspecified atom stereocenters. The monoisotopic (exact) mass is 320 g/mol. The van der Waals surface area contributed by atoms with E-state index in [2.05, 4.69) is 10.6 Å². The van der Waals surface area contributed by atoms with Crippen LogP contribution in [0.15, 0.2) is 47.4 Å². The molecule has 3 nitrogen and oxygen atoms in total. The smallest absolute Gasteiger partial charge is 0.257 e. The van der Waals surface area contributed by atoms with Crippen LogP contribution in [0.1, 0.15) is 17.3 Å². The molecule has 0 aliphatic heterocycles. The van der Waals surface area contributed by atoms with Crippen molar-refractivity contribution < 1.29 is 4.79 Å². The minimum absolute atomic E-state index is 0.171. The summed E-state index contributed by atoms with van der Waals surface area (Å²) in [6.07, 6.45) is 1.98. The Morgan fingerprint density at radius 1 is 1.19 bits per heavy atom. The number of para-hydroxylation sites is 1. The van der Waals surface area contributed by atoms with Crippen molar-refractivity contribution in [3.05, 3.63) is 53.1 Å². The molecule has 1 amide bonds.